The topological polar surface area (TPSA) is 95.9 Å². The molecular weight excluding hydrogens is 436 g/mol. The molecule has 0 aliphatic carbocycles. The molecule has 0 saturated carbocycles. The van der Waals surface area contributed by atoms with Crippen molar-refractivity contribution in [3.63, 3.8) is 0 Å². The van der Waals surface area contributed by atoms with Crippen molar-refractivity contribution in [3.8, 4) is 0 Å². The molecule has 1 heterocycles. The van der Waals surface area contributed by atoms with Gasteiger partial charge in [0.15, 0.2) is 0 Å². The van der Waals surface area contributed by atoms with E-state index < -0.39 is 22.0 Å². The second kappa shape index (κ2) is 8.49. The highest BCUT2D eigenvalue weighted by Crippen LogP contribution is 2.21. The number of carbonyl (C=O) groups excluding carboxylic acids is 1. The molecule has 1 fully saturated rings. The van der Waals surface area contributed by atoms with Gasteiger partial charge in [-0.15, -0.1) is 0 Å². The van der Waals surface area contributed by atoms with Crippen LogP contribution in [0, 0.1) is 0 Å². The molecule has 1 saturated heterocycles. The van der Waals surface area contributed by atoms with Gasteiger partial charge in [0.05, 0.1) is 24.2 Å². The highest BCUT2D eigenvalue weighted by molar-refractivity contribution is 9.10. The molecule has 1 aliphatic rings. The summed E-state index contributed by atoms with van der Waals surface area (Å²) in [5.74, 6) is -0.402. The lowest BCUT2D eigenvalue weighted by Gasteiger charge is -2.31. The number of aliphatic hydroxyl groups is 1. The van der Waals surface area contributed by atoms with E-state index in [1.54, 1.807) is 24.3 Å². The monoisotopic (exact) mass is 454 g/mol. The maximum atomic E-state index is 12.9. The van der Waals surface area contributed by atoms with Crippen molar-refractivity contribution >= 4 is 37.5 Å². The summed E-state index contributed by atoms with van der Waals surface area (Å²) in [6.07, 6.45) is -0.545. The molecule has 0 radical (unpaired) electrons. The number of nitrogens with zero attached hydrogens (tertiary/aromatic N) is 1. The number of hydrogen-bond acceptors (Lipinski definition) is 5. The van der Waals surface area contributed by atoms with Crippen molar-refractivity contribution in [2.45, 2.75) is 11.0 Å². The van der Waals surface area contributed by atoms with Gasteiger partial charge in [-0.05, 0) is 36.4 Å². The molecule has 1 unspecified atom stereocenters. The first-order valence-corrected chi connectivity index (χ1v) is 10.5. The standard InChI is InChI=1S/C18H19BrN2O5S/c19-14-4-2-5-15(10-14)20-18(23)13-3-1-6-17(9-13)27(24,25)21-7-8-26-16(11-21)12-22/h1-6,9-10,16,22H,7-8,11-12H2,(H,20,23). The van der Waals surface area contributed by atoms with E-state index in [0.717, 1.165) is 4.47 Å². The second-order valence-corrected chi connectivity index (χ2v) is 8.88. The van der Waals surface area contributed by atoms with Crippen LogP contribution in [0.1, 0.15) is 10.4 Å². The average Bonchev–Trinajstić information content (AvgIpc) is 2.68. The number of benzene rings is 2. The summed E-state index contributed by atoms with van der Waals surface area (Å²) >= 11 is 3.34. The third-order valence-electron chi connectivity index (χ3n) is 4.12. The molecule has 2 aromatic rings. The van der Waals surface area contributed by atoms with Gasteiger partial charge in [-0.1, -0.05) is 28.1 Å². The molecule has 0 aromatic heterocycles. The van der Waals surface area contributed by atoms with Crippen molar-refractivity contribution < 1.29 is 23.1 Å². The summed E-state index contributed by atoms with van der Waals surface area (Å²) < 4.78 is 33.1. The van der Waals surface area contributed by atoms with Gasteiger partial charge in [0, 0.05) is 28.8 Å². The third kappa shape index (κ3) is 4.74. The Labute approximate surface area is 166 Å². The zero-order valence-corrected chi connectivity index (χ0v) is 16.7. The van der Waals surface area contributed by atoms with Crippen molar-refractivity contribution in [3.05, 3.63) is 58.6 Å². The van der Waals surface area contributed by atoms with Crippen LogP contribution in [0.3, 0.4) is 0 Å². The van der Waals surface area contributed by atoms with E-state index in [1.807, 2.05) is 6.07 Å². The minimum absolute atomic E-state index is 0.0305. The average molecular weight is 455 g/mol. The van der Waals surface area contributed by atoms with Gasteiger partial charge in [0.2, 0.25) is 10.0 Å². The number of hydrogen-bond donors (Lipinski definition) is 2. The fraction of sp³-hybridized carbons (Fsp3) is 0.278. The Morgan fingerprint density at radius 1 is 1.26 bits per heavy atom. The van der Waals surface area contributed by atoms with Crippen molar-refractivity contribution in [2.24, 2.45) is 0 Å². The first kappa shape index (κ1) is 20.0. The maximum absolute atomic E-state index is 12.9. The van der Waals surface area contributed by atoms with Gasteiger partial charge >= 0.3 is 0 Å². The van der Waals surface area contributed by atoms with E-state index in [4.69, 9.17) is 4.74 Å². The van der Waals surface area contributed by atoms with Gasteiger partial charge in [-0.25, -0.2) is 8.42 Å². The number of aliphatic hydroxyl groups excluding tert-OH is 1. The van der Waals surface area contributed by atoms with Crippen LogP contribution in [0.4, 0.5) is 5.69 Å². The first-order chi connectivity index (χ1) is 12.9. The number of halogens is 1. The van der Waals surface area contributed by atoms with E-state index in [0.29, 0.717) is 5.69 Å². The van der Waals surface area contributed by atoms with E-state index in [2.05, 4.69) is 21.2 Å². The fourth-order valence-electron chi connectivity index (χ4n) is 2.74. The van der Waals surface area contributed by atoms with E-state index in [-0.39, 0.29) is 36.8 Å². The summed E-state index contributed by atoms with van der Waals surface area (Å²) in [5, 5.41) is 12.0. The molecule has 2 N–H and O–H groups in total. The SMILES string of the molecule is O=C(Nc1cccc(Br)c1)c1cccc(S(=O)(=O)N2CCOC(CO)C2)c1. The number of morpholine rings is 1. The van der Waals surface area contributed by atoms with Gasteiger partial charge in [-0.2, -0.15) is 4.31 Å². The Balaban J connectivity index is 1.81. The minimum Gasteiger partial charge on any atom is -0.394 e. The molecule has 1 aliphatic heterocycles. The van der Waals surface area contributed by atoms with Crippen molar-refractivity contribution in [1.29, 1.82) is 0 Å². The Morgan fingerprint density at radius 2 is 2.04 bits per heavy atom. The lowest BCUT2D eigenvalue weighted by Crippen LogP contribution is -2.46. The summed E-state index contributed by atoms with van der Waals surface area (Å²) in [6.45, 7) is 0.245. The third-order valence-corrected chi connectivity index (χ3v) is 6.48. The maximum Gasteiger partial charge on any atom is 0.255 e. The second-order valence-electron chi connectivity index (χ2n) is 6.03. The molecule has 27 heavy (non-hydrogen) atoms. The van der Waals surface area contributed by atoms with Crippen LogP contribution in [-0.4, -0.2) is 56.1 Å². The summed E-state index contributed by atoms with van der Waals surface area (Å²) in [7, 11) is -3.79. The van der Waals surface area contributed by atoms with Crippen LogP contribution in [0.5, 0.6) is 0 Å². The molecule has 3 rings (SSSR count). The predicted octanol–water partition coefficient (Wildman–Crippen LogP) is 2.08. The number of amides is 1. The molecule has 2 aromatic carbocycles. The molecule has 7 nitrogen and oxygen atoms in total. The van der Waals surface area contributed by atoms with Crippen molar-refractivity contribution in [2.75, 3.05) is 31.6 Å². The Kier molecular flexibility index (Phi) is 6.28. The summed E-state index contributed by atoms with van der Waals surface area (Å²) in [6, 6.07) is 13.0. The number of sulfonamides is 1. The Bertz CT molecular complexity index is 935. The van der Waals surface area contributed by atoms with Crippen LogP contribution in [-0.2, 0) is 14.8 Å². The lowest BCUT2D eigenvalue weighted by atomic mass is 10.2. The summed E-state index contributed by atoms with van der Waals surface area (Å²) in [4.78, 5) is 12.5. The highest BCUT2D eigenvalue weighted by Gasteiger charge is 2.30. The van der Waals surface area contributed by atoms with Crippen LogP contribution in [0.25, 0.3) is 0 Å². The van der Waals surface area contributed by atoms with E-state index in [9.17, 15) is 18.3 Å². The molecular formula is C18H19BrN2O5S. The van der Waals surface area contributed by atoms with E-state index in [1.165, 1.54) is 22.5 Å². The minimum atomic E-state index is -3.79. The van der Waals surface area contributed by atoms with Gasteiger partial charge in [0.25, 0.3) is 5.91 Å². The zero-order valence-electron chi connectivity index (χ0n) is 14.3. The number of anilines is 1. The van der Waals surface area contributed by atoms with Crippen molar-refractivity contribution in [1.82, 2.24) is 4.31 Å². The molecule has 1 amide bonds. The van der Waals surface area contributed by atoms with Crippen LogP contribution >= 0.6 is 15.9 Å². The first-order valence-electron chi connectivity index (χ1n) is 8.30. The molecule has 0 bridgehead atoms. The predicted molar refractivity (Wildman–Crippen MR) is 104 cm³/mol. The smallest absolute Gasteiger partial charge is 0.255 e. The normalized spacial score (nSPS) is 18.2. The highest BCUT2D eigenvalue weighted by atomic mass is 79.9. The number of rotatable bonds is 5. The van der Waals surface area contributed by atoms with Gasteiger partial charge in [0.1, 0.15) is 0 Å². The lowest BCUT2D eigenvalue weighted by molar-refractivity contribution is -0.0304. The largest absolute Gasteiger partial charge is 0.394 e. The van der Waals surface area contributed by atoms with Crippen LogP contribution in [0.2, 0.25) is 0 Å². The number of nitrogens with one attached hydrogen (secondary N) is 1. The number of ether oxygens (including phenoxy) is 1. The molecule has 1 atom stereocenters. The quantitative estimate of drug-likeness (QED) is 0.720. The summed E-state index contributed by atoms with van der Waals surface area (Å²) in [5.41, 5.74) is 0.838. The molecule has 144 valence electrons. The Hall–Kier alpha value is -1.78. The number of carbonyl (C=O) groups is 1. The Morgan fingerprint density at radius 3 is 2.78 bits per heavy atom. The fourth-order valence-corrected chi connectivity index (χ4v) is 4.64. The van der Waals surface area contributed by atoms with Gasteiger partial charge in [-0.3, -0.25) is 4.79 Å². The zero-order chi connectivity index (χ0) is 19.4. The molecule has 9 heteroatoms. The molecule has 0 spiro atoms. The van der Waals surface area contributed by atoms with Crippen LogP contribution < -0.4 is 5.32 Å². The van der Waals surface area contributed by atoms with E-state index >= 15 is 0 Å². The van der Waals surface area contributed by atoms with Gasteiger partial charge < -0.3 is 15.2 Å². The van der Waals surface area contributed by atoms with Crippen LogP contribution in [0.15, 0.2) is 57.9 Å².